The SMILES string of the molecule is CCCCCCCCCCCCCCCCC(=O)OCCCCCCCCCCC/C=C\C/C=C\CCCCCCCCCCCCCCCC(=O)NC(CO)C(O)CCCCCCCCCCC. The van der Waals surface area contributed by atoms with Gasteiger partial charge in [0.2, 0.25) is 5.91 Å². The molecule has 3 N–H and O–H groups in total. The summed E-state index contributed by atoms with van der Waals surface area (Å²) in [7, 11) is 0. The lowest BCUT2D eigenvalue weighted by molar-refractivity contribution is -0.143. The molecular weight excluding hydrogens is 851 g/mol. The van der Waals surface area contributed by atoms with Gasteiger partial charge in [0, 0.05) is 12.8 Å². The molecule has 0 aromatic carbocycles. The van der Waals surface area contributed by atoms with Crippen LogP contribution in [-0.4, -0.2) is 47.4 Å². The zero-order valence-electron chi connectivity index (χ0n) is 46.6. The number of esters is 1. The molecule has 0 spiro atoms. The second-order valence-electron chi connectivity index (χ2n) is 21.4. The lowest BCUT2D eigenvalue weighted by atomic mass is 10.0. The van der Waals surface area contributed by atoms with E-state index < -0.39 is 12.1 Å². The van der Waals surface area contributed by atoms with E-state index in [0.717, 1.165) is 44.9 Å². The highest BCUT2D eigenvalue weighted by Crippen LogP contribution is 2.17. The average molecular weight is 973 g/mol. The highest BCUT2D eigenvalue weighted by atomic mass is 16.5. The molecule has 2 atom stereocenters. The first-order valence-corrected chi connectivity index (χ1v) is 31.1. The average Bonchev–Trinajstić information content (AvgIpc) is 3.35. The summed E-state index contributed by atoms with van der Waals surface area (Å²) in [5.41, 5.74) is 0. The summed E-state index contributed by atoms with van der Waals surface area (Å²) in [4.78, 5) is 24.5. The number of ether oxygens (including phenoxy) is 1. The Morgan fingerprint density at radius 1 is 0.406 bits per heavy atom. The molecule has 0 radical (unpaired) electrons. The Morgan fingerprint density at radius 3 is 1.10 bits per heavy atom. The highest BCUT2D eigenvalue weighted by Gasteiger charge is 2.20. The summed E-state index contributed by atoms with van der Waals surface area (Å²) >= 11 is 0. The van der Waals surface area contributed by atoms with Crippen molar-refractivity contribution in [2.24, 2.45) is 0 Å². The van der Waals surface area contributed by atoms with Gasteiger partial charge in [0.25, 0.3) is 0 Å². The number of amides is 1. The predicted molar refractivity (Wildman–Crippen MR) is 301 cm³/mol. The molecule has 0 fully saturated rings. The maximum absolute atomic E-state index is 12.4. The van der Waals surface area contributed by atoms with E-state index in [1.165, 1.54) is 263 Å². The molecule has 0 heterocycles. The van der Waals surface area contributed by atoms with Crippen LogP contribution in [0, 0.1) is 0 Å². The van der Waals surface area contributed by atoms with Gasteiger partial charge in [-0.25, -0.2) is 0 Å². The number of rotatable bonds is 58. The predicted octanol–water partition coefficient (Wildman–Crippen LogP) is 19.4. The first kappa shape index (κ1) is 67.3. The molecule has 0 rings (SSSR count). The molecule has 0 saturated heterocycles. The lowest BCUT2D eigenvalue weighted by Gasteiger charge is -2.22. The molecule has 0 saturated carbocycles. The maximum atomic E-state index is 12.4. The van der Waals surface area contributed by atoms with E-state index in [2.05, 4.69) is 43.5 Å². The van der Waals surface area contributed by atoms with Crippen molar-refractivity contribution in [2.75, 3.05) is 13.2 Å². The number of carbonyl (C=O) groups excluding carboxylic acids is 2. The van der Waals surface area contributed by atoms with E-state index in [9.17, 15) is 19.8 Å². The highest BCUT2D eigenvalue weighted by molar-refractivity contribution is 5.76. The van der Waals surface area contributed by atoms with Gasteiger partial charge in [-0.2, -0.15) is 0 Å². The van der Waals surface area contributed by atoms with E-state index >= 15 is 0 Å². The van der Waals surface area contributed by atoms with Gasteiger partial charge in [0.1, 0.15) is 0 Å². The zero-order chi connectivity index (χ0) is 50.0. The first-order chi connectivity index (χ1) is 34.0. The number of nitrogens with one attached hydrogen (secondary N) is 1. The number of unbranched alkanes of at least 4 members (excludes halogenated alkanes) is 43. The fourth-order valence-corrected chi connectivity index (χ4v) is 9.73. The van der Waals surface area contributed by atoms with Crippen molar-refractivity contribution in [3.8, 4) is 0 Å². The van der Waals surface area contributed by atoms with Crippen LogP contribution < -0.4 is 5.32 Å². The zero-order valence-corrected chi connectivity index (χ0v) is 46.6. The second-order valence-corrected chi connectivity index (χ2v) is 21.4. The summed E-state index contributed by atoms with van der Waals surface area (Å²) < 4.78 is 5.48. The third-order valence-electron chi connectivity index (χ3n) is 14.5. The van der Waals surface area contributed by atoms with Crippen LogP contribution in [0.5, 0.6) is 0 Å². The first-order valence-electron chi connectivity index (χ1n) is 31.1. The van der Waals surface area contributed by atoms with Crippen molar-refractivity contribution in [1.29, 1.82) is 0 Å². The Morgan fingerprint density at radius 2 is 0.725 bits per heavy atom. The summed E-state index contributed by atoms with van der Waals surface area (Å²) in [5, 5.41) is 23.1. The Labute approximate surface area is 431 Å². The third kappa shape index (κ3) is 55.5. The fraction of sp³-hybridized carbons (Fsp3) is 0.905. The van der Waals surface area contributed by atoms with Crippen LogP contribution in [0.4, 0.5) is 0 Å². The number of hydrogen-bond donors (Lipinski definition) is 3. The van der Waals surface area contributed by atoms with Crippen LogP contribution in [-0.2, 0) is 14.3 Å². The lowest BCUT2D eigenvalue weighted by Crippen LogP contribution is -2.45. The van der Waals surface area contributed by atoms with Crippen molar-refractivity contribution in [2.45, 2.75) is 353 Å². The minimum absolute atomic E-state index is 0.0144. The number of aliphatic hydroxyl groups excluding tert-OH is 2. The van der Waals surface area contributed by atoms with Crippen molar-refractivity contribution in [1.82, 2.24) is 5.32 Å². The third-order valence-corrected chi connectivity index (χ3v) is 14.5. The van der Waals surface area contributed by atoms with Crippen LogP contribution in [0.25, 0.3) is 0 Å². The molecular formula is C63H121NO5. The molecule has 0 aliphatic carbocycles. The van der Waals surface area contributed by atoms with Gasteiger partial charge in [0.05, 0.1) is 25.4 Å². The Kier molecular flexibility index (Phi) is 57.5. The molecule has 69 heavy (non-hydrogen) atoms. The van der Waals surface area contributed by atoms with Crippen molar-refractivity contribution < 1.29 is 24.5 Å². The summed E-state index contributed by atoms with van der Waals surface area (Å²) in [6, 6.07) is -0.540. The fourth-order valence-electron chi connectivity index (χ4n) is 9.73. The van der Waals surface area contributed by atoms with Gasteiger partial charge in [-0.15, -0.1) is 0 Å². The molecule has 0 aliphatic rings. The van der Waals surface area contributed by atoms with E-state index in [4.69, 9.17) is 4.74 Å². The minimum atomic E-state index is -0.662. The smallest absolute Gasteiger partial charge is 0.305 e. The number of aliphatic hydroxyl groups is 2. The molecule has 0 aromatic heterocycles. The topological polar surface area (TPSA) is 95.9 Å². The van der Waals surface area contributed by atoms with Crippen LogP contribution in [0.2, 0.25) is 0 Å². The van der Waals surface area contributed by atoms with Crippen LogP contribution in [0.1, 0.15) is 341 Å². The van der Waals surface area contributed by atoms with E-state index in [1.54, 1.807) is 0 Å². The van der Waals surface area contributed by atoms with Gasteiger partial charge in [0.15, 0.2) is 0 Å². The quantitative estimate of drug-likeness (QED) is 0.0321. The Balaban J connectivity index is 3.37. The molecule has 0 aliphatic heterocycles. The number of carbonyl (C=O) groups is 2. The van der Waals surface area contributed by atoms with Crippen LogP contribution in [0.15, 0.2) is 24.3 Å². The normalized spacial score (nSPS) is 12.7. The van der Waals surface area contributed by atoms with Crippen LogP contribution in [0.3, 0.4) is 0 Å². The van der Waals surface area contributed by atoms with Crippen molar-refractivity contribution in [3.05, 3.63) is 24.3 Å². The van der Waals surface area contributed by atoms with Crippen molar-refractivity contribution in [3.63, 3.8) is 0 Å². The minimum Gasteiger partial charge on any atom is -0.466 e. The summed E-state index contributed by atoms with van der Waals surface area (Å²) in [6.45, 7) is 4.95. The largest absolute Gasteiger partial charge is 0.466 e. The second kappa shape index (κ2) is 58.9. The number of allylic oxidation sites excluding steroid dienone is 4. The van der Waals surface area contributed by atoms with Gasteiger partial charge in [-0.3, -0.25) is 9.59 Å². The molecule has 0 bridgehead atoms. The standard InChI is InChI=1S/C63H121NO5/c1-3-5-7-9-11-13-14-15-34-37-41-45-49-53-57-63(68)69-58-54-50-46-42-38-35-32-30-28-26-24-22-20-18-16-17-19-21-23-25-27-29-31-33-36-40-44-48-52-56-62(67)64-60(59-65)61(66)55-51-47-43-39-12-10-8-6-4-2/h16,18,22,24,60-61,65-66H,3-15,17,19-21,23,25-59H2,1-2H3,(H,64,67)/b18-16-,24-22-. The molecule has 6 nitrogen and oxygen atoms in total. The van der Waals surface area contributed by atoms with Gasteiger partial charge in [-0.05, 0) is 57.8 Å². The monoisotopic (exact) mass is 972 g/mol. The molecule has 0 aromatic rings. The molecule has 2 unspecified atom stereocenters. The Bertz CT molecular complexity index is 1080. The Hall–Kier alpha value is -1.66. The van der Waals surface area contributed by atoms with E-state index in [0.29, 0.717) is 25.9 Å². The van der Waals surface area contributed by atoms with Crippen molar-refractivity contribution >= 4 is 11.9 Å². The van der Waals surface area contributed by atoms with Gasteiger partial charge < -0.3 is 20.3 Å². The summed E-state index contributed by atoms with van der Waals surface area (Å²) in [6.07, 6.45) is 72.1. The number of hydrogen-bond acceptors (Lipinski definition) is 5. The van der Waals surface area contributed by atoms with E-state index in [1.807, 2.05) is 0 Å². The van der Waals surface area contributed by atoms with E-state index in [-0.39, 0.29) is 18.5 Å². The molecule has 6 heteroatoms. The van der Waals surface area contributed by atoms with Gasteiger partial charge in [-0.1, -0.05) is 295 Å². The van der Waals surface area contributed by atoms with Gasteiger partial charge >= 0.3 is 5.97 Å². The summed E-state index contributed by atoms with van der Waals surface area (Å²) in [5.74, 6) is -0.0231. The molecule has 408 valence electrons. The maximum Gasteiger partial charge on any atom is 0.305 e. The van der Waals surface area contributed by atoms with Crippen LogP contribution >= 0.6 is 0 Å². The molecule has 1 amide bonds.